The number of nitrogens with one attached hydrogen (secondary N) is 1. The maximum Gasteiger partial charge on any atom is 0.0835 e. The molecule has 0 bridgehead atoms. The zero-order valence-corrected chi connectivity index (χ0v) is 12.0. The summed E-state index contributed by atoms with van der Waals surface area (Å²) in [5.74, 6) is 5.78. The van der Waals surface area contributed by atoms with Crippen LogP contribution in [0.25, 0.3) is 0 Å². The Morgan fingerprint density at radius 1 is 1.44 bits per heavy atom. The molecule has 1 unspecified atom stereocenters. The highest BCUT2D eigenvalue weighted by Gasteiger charge is 2.39. The zero-order chi connectivity index (χ0) is 13.3. The Labute approximate surface area is 113 Å². The number of hydrogen-bond donors (Lipinski definition) is 2. The molecule has 102 valence electrons. The molecule has 0 radical (unpaired) electrons. The monoisotopic (exact) mass is 271 g/mol. The van der Waals surface area contributed by atoms with Crippen LogP contribution in [-0.2, 0) is 7.05 Å². The Bertz CT molecular complexity index is 389. The smallest absolute Gasteiger partial charge is 0.0835 e. The highest BCUT2D eigenvalue weighted by Crippen LogP contribution is 2.35. The number of nitrogens with two attached hydrogens (primary N) is 1. The van der Waals surface area contributed by atoms with Gasteiger partial charge in [-0.05, 0) is 39.8 Å². The number of rotatable bonds is 4. The molecule has 1 aromatic rings. The SMILES string of the molecule is Cn1ncc(Cl)c1C(NN)C(C)(C)N1CCCC1. The van der Waals surface area contributed by atoms with Crippen molar-refractivity contribution >= 4 is 11.6 Å². The van der Waals surface area contributed by atoms with Crippen LogP contribution in [0.3, 0.4) is 0 Å². The molecule has 0 aromatic carbocycles. The molecular weight excluding hydrogens is 250 g/mol. The third kappa shape index (κ3) is 2.28. The van der Waals surface area contributed by atoms with Gasteiger partial charge in [0, 0.05) is 12.6 Å². The second kappa shape index (κ2) is 5.17. The van der Waals surface area contributed by atoms with E-state index < -0.39 is 0 Å². The van der Waals surface area contributed by atoms with E-state index in [0.717, 1.165) is 18.8 Å². The minimum Gasteiger partial charge on any atom is -0.296 e. The second-order valence-electron chi connectivity index (χ2n) is 5.45. The van der Waals surface area contributed by atoms with Crippen molar-refractivity contribution in [2.24, 2.45) is 12.9 Å². The Hall–Kier alpha value is -0.620. The third-order valence-electron chi connectivity index (χ3n) is 4.01. The van der Waals surface area contributed by atoms with Crippen LogP contribution < -0.4 is 11.3 Å². The number of aromatic nitrogens is 2. The first-order chi connectivity index (χ1) is 8.48. The first-order valence-electron chi connectivity index (χ1n) is 6.37. The van der Waals surface area contributed by atoms with Crippen molar-refractivity contribution in [1.82, 2.24) is 20.1 Å². The van der Waals surface area contributed by atoms with E-state index in [9.17, 15) is 0 Å². The summed E-state index contributed by atoms with van der Waals surface area (Å²) in [7, 11) is 1.89. The fraction of sp³-hybridized carbons (Fsp3) is 0.750. The summed E-state index contributed by atoms with van der Waals surface area (Å²) in [6.07, 6.45) is 4.17. The van der Waals surface area contributed by atoms with Crippen molar-refractivity contribution in [2.75, 3.05) is 13.1 Å². The Morgan fingerprint density at radius 2 is 2.06 bits per heavy atom. The van der Waals surface area contributed by atoms with E-state index in [-0.39, 0.29) is 11.6 Å². The number of hydrazine groups is 1. The Kier molecular flexibility index (Phi) is 3.96. The summed E-state index contributed by atoms with van der Waals surface area (Å²) < 4.78 is 1.80. The summed E-state index contributed by atoms with van der Waals surface area (Å²) in [5, 5.41) is 4.86. The molecule has 0 spiro atoms. The summed E-state index contributed by atoms with van der Waals surface area (Å²) in [6, 6.07) is -0.0457. The van der Waals surface area contributed by atoms with Crippen molar-refractivity contribution < 1.29 is 0 Å². The van der Waals surface area contributed by atoms with Gasteiger partial charge in [-0.25, -0.2) is 5.43 Å². The minimum absolute atomic E-state index is 0.0457. The van der Waals surface area contributed by atoms with E-state index in [0.29, 0.717) is 5.02 Å². The van der Waals surface area contributed by atoms with Gasteiger partial charge in [0.05, 0.1) is 23.0 Å². The molecule has 0 amide bonds. The molecular formula is C12H22ClN5. The molecule has 2 heterocycles. The summed E-state index contributed by atoms with van der Waals surface area (Å²) in [4.78, 5) is 2.46. The molecule has 1 fully saturated rings. The number of likely N-dealkylation sites (tertiary alicyclic amines) is 1. The van der Waals surface area contributed by atoms with Crippen LogP contribution in [0.15, 0.2) is 6.20 Å². The van der Waals surface area contributed by atoms with Crippen LogP contribution in [0.2, 0.25) is 5.02 Å². The van der Waals surface area contributed by atoms with E-state index in [1.807, 2.05) is 7.05 Å². The van der Waals surface area contributed by atoms with Gasteiger partial charge < -0.3 is 0 Å². The fourth-order valence-electron chi connectivity index (χ4n) is 2.84. The molecule has 18 heavy (non-hydrogen) atoms. The number of halogens is 1. The number of nitrogens with zero attached hydrogens (tertiary/aromatic N) is 3. The molecule has 1 atom stereocenters. The highest BCUT2D eigenvalue weighted by atomic mass is 35.5. The van der Waals surface area contributed by atoms with Crippen LogP contribution >= 0.6 is 11.6 Å². The lowest BCUT2D eigenvalue weighted by atomic mass is 9.90. The maximum absolute atomic E-state index is 6.23. The summed E-state index contributed by atoms with van der Waals surface area (Å²) >= 11 is 6.23. The summed E-state index contributed by atoms with van der Waals surface area (Å²) in [5.41, 5.74) is 3.76. The minimum atomic E-state index is -0.0946. The van der Waals surface area contributed by atoms with Crippen LogP contribution in [0.5, 0.6) is 0 Å². The van der Waals surface area contributed by atoms with Gasteiger partial charge in [-0.2, -0.15) is 5.10 Å². The van der Waals surface area contributed by atoms with Gasteiger partial charge in [0.2, 0.25) is 0 Å². The number of hydrogen-bond acceptors (Lipinski definition) is 4. The molecule has 2 rings (SSSR count). The van der Waals surface area contributed by atoms with Crippen molar-refractivity contribution in [3.8, 4) is 0 Å². The van der Waals surface area contributed by atoms with E-state index in [4.69, 9.17) is 17.4 Å². The van der Waals surface area contributed by atoms with Gasteiger partial charge in [0.15, 0.2) is 0 Å². The predicted molar refractivity (Wildman–Crippen MR) is 73.2 cm³/mol. The van der Waals surface area contributed by atoms with Gasteiger partial charge in [0.25, 0.3) is 0 Å². The van der Waals surface area contributed by atoms with Crippen molar-refractivity contribution in [2.45, 2.75) is 38.3 Å². The molecule has 1 aromatic heterocycles. The fourth-order valence-corrected chi connectivity index (χ4v) is 3.11. The van der Waals surface area contributed by atoms with Crippen molar-refractivity contribution in [3.63, 3.8) is 0 Å². The first-order valence-corrected chi connectivity index (χ1v) is 6.75. The van der Waals surface area contributed by atoms with Crippen LogP contribution in [0, 0.1) is 0 Å². The van der Waals surface area contributed by atoms with Crippen molar-refractivity contribution in [3.05, 3.63) is 16.9 Å². The topological polar surface area (TPSA) is 59.1 Å². The molecule has 1 saturated heterocycles. The molecule has 1 aliphatic heterocycles. The Balaban J connectivity index is 2.32. The van der Waals surface area contributed by atoms with E-state index in [2.05, 4.69) is 29.3 Å². The highest BCUT2D eigenvalue weighted by molar-refractivity contribution is 6.31. The predicted octanol–water partition coefficient (Wildman–Crippen LogP) is 1.45. The Morgan fingerprint density at radius 3 is 2.50 bits per heavy atom. The quantitative estimate of drug-likeness (QED) is 0.643. The first kappa shape index (κ1) is 13.8. The van der Waals surface area contributed by atoms with Crippen LogP contribution in [-0.4, -0.2) is 33.3 Å². The lowest BCUT2D eigenvalue weighted by Crippen LogP contribution is -2.53. The van der Waals surface area contributed by atoms with Crippen molar-refractivity contribution in [1.29, 1.82) is 0 Å². The average molecular weight is 272 g/mol. The second-order valence-corrected chi connectivity index (χ2v) is 5.86. The van der Waals surface area contributed by atoms with Gasteiger partial charge in [-0.1, -0.05) is 11.6 Å². The third-order valence-corrected chi connectivity index (χ3v) is 4.30. The lowest BCUT2D eigenvalue weighted by Gasteiger charge is -2.41. The van der Waals surface area contributed by atoms with Gasteiger partial charge in [-0.3, -0.25) is 15.4 Å². The van der Waals surface area contributed by atoms with Gasteiger partial charge >= 0.3 is 0 Å². The van der Waals surface area contributed by atoms with Gasteiger partial charge in [-0.15, -0.1) is 0 Å². The summed E-state index contributed by atoms with van der Waals surface area (Å²) in [6.45, 7) is 6.62. The molecule has 1 aliphatic rings. The number of aryl methyl sites for hydroxylation is 1. The molecule has 0 saturated carbocycles. The lowest BCUT2D eigenvalue weighted by molar-refractivity contribution is 0.103. The maximum atomic E-state index is 6.23. The van der Waals surface area contributed by atoms with Gasteiger partial charge in [0.1, 0.15) is 0 Å². The standard InChI is InChI=1S/C12H22ClN5/c1-12(2,18-6-4-5-7-18)11(16-14)10-9(13)8-15-17(10)3/h8,11,16H,4-7,14H2,1-3H3. The normalized spacial score (nSPS) is 19.4. The molecule has 0 aliphatic carbocycles. The molecule has 6 heteroatoms. The molecule has 3 N–H and O–H groups in total. The van der Waals surface area contributed by atoms with Crippen LogP contribution in [0.1, 0.15) is 38.4 Å². The van der Waals surface area contributed by atoms with Crippen LogP contribution in [0.4, 0.5) is 0 Å². The van der Waals surface area contributed by atoms with E-state index >= 15 is 0 Å². The zero-order valence-electron chi connectivity index (χ0n) is 11.3. The van der Waals surface area contributed by atoms with E-state index in [1.165, 1.54) is 12.8 Å². The molecule has 5 nitrogen and oxygen atoms in total. The van der Waals surface area contributed by atoms with E-state index in [1.54, 1.807) is 10.9 Å². The average Bonchev–Trinajstić information content (AvgIpc) is 2.94. The largest absolute Gasteiger partial charge is 0.296 e.